The molecule has 0 radical (unpaired) electrons. The molecule has 0 aromatic heterocycles. The highest BCUT2D eigenvalue weighted by Crippen LogP contribution is 2.19. The van der Waals surface area contributed by atoms with Crippen LogP contribution in [0, 0.1) is 6.92 Å². The zero-order valence-electron chi connectivity index (χ0n) is 10.9. The lowest BCUT2D eigenvalue weighted by Crippen LogP contribution is -2.35. The molecule has 1 fully saturated rings. The van der Waals surface area contributed by atoms with Crippen LogP contribution >= 0.6 is 11.6 Å². The number of carbonyl (C=O) groups excluding carboxylic acids is 1. The largest absolute Gasteiger partial charge is 0.448 e. The van der Waals surface area contributed by atoms with Crippen LogP contribution in [0.2, 0.25) is 5.02 Å². The minimum Gasteiger partial charge on any atom is -0.448 e. The third kappa shape index (κ3) is 3.41. The van der Waals surface area contributed by atoms with Crippen LogP contribution in [-0.2, 0) is 14.8 Å². The van der Waals surface area contributed by atoms with Gasteiger partial charge < -0.3 is 9.64 Å². The van der Waals surface area contributed by atoms with Crippen molar-refractivity contribution in [3.63, 3.8) is 0 Å². The van der Waals surface area contributed by atoms with Crippen molar-refractivity contribution in [1.82, 2.24) is 9.62 Å². The van der Waals surface area contributed by atoms with Crippen LogP contribution in [0.15, 0.2) is 23.1 Å². The van der Waals surface area contributed by atoms with Gasteiger partial charge in [0.2, 0.25) is 10.0 Å². The van der Waals surface area contributed by atoms with Gasteiger partial charge in [-0.2, -0.15) is 0 Å². The topological polar surface area (TPSA) is 75.7 Å². The molecule has 1 aliphatic heterocycles. The first-order valence-corrected chi connectivity index (χ1v) is 7.94. The smallest absolute Gasteiger partial charge is 0.409 e. The van der Waals surface area contributed by atoms with Crippen molar-refractivity contribution in [3.8, 4) is 0 Å². The Labute approximate surface area is 122 Å². The summed E-state index contributed by atoms with van der Waals surface area (Å²) in [6, 6.07) is 4.55. The molecule has 0 saturated carbocycles. The third-order valence-electron chi connectivity index (χ3n) is 2.97. The first-order valence-electron chi connectivity index (χ1n) is 6.08. The minimum absolute atomic E-state index is 0.108. The number of sulfonamides is 1. The predicted molar refractivity (Wildman–Crippen MR) is 74.3 cm³/mol. The maximum absolute atomic E-state index is 12.0. The molecular weight excluding hydrogens is 304 g/mol. The summed E-state index contributed by atoms with van der Waals surface area (Å²) in [6.45, 7) is 3.03. The second kappa shape index (κ2) is 5.99. The van der Waals surface area contributed by atoms with Crippen molar-refractivity contribution in [2.75, 3.05) is 26.2 Å². The Bertz CT molecular complexity index is 618. The molecule has 1 N–H and O–H groups in total. The fourth-order valence-electron chi connectivity index (χ4n) is 1.77. The average molecular weight is 319 g/mol. The Morgan fingerprint density at radius 1 is 1.45 bits per heavy atom. The van der Waals surface area contributed by atoms with E-state index >= 15 is 0 Å². The van der Waals surface area contributed by atoms with E-state index in [1.807, 2.05) is 0 Å². The number of hydrogen-bond acceptors (Lipinski definition) is 4. The average Bonchev–Trinajstić information content (AvgIpc) is 2.78. The second-order valence-corrected chi connectivity index (χ2v) is 6.58. The molecule has 2 rings (SSSR count). The van der Waals surface area contributed by atoms with E-state index in [2.05, 4.69) is 4.72 Å². The zero-order valence-corrected chi connectivity index (χ0v) is 12.5. The quantitative estimate of drug-likeness (QED) is 0.890. The number of carbonyl (C=O) groups is 1. The summed E-state index contributed by atoms with van der Waals surface area (Å²) in [5.74, 6) is 0. The van der Waals surface area contributed by atoms with Gasteiger partial charge in [-0.1, -0.05) is 17.7 Å². The van der Waals surface area contributed by atoms with Crippen LogP contribution in [-0.4, -0.2) is 45.7 Å². The Balaban J connectivity index is 1.96. The molecule has 0 bridgehead atoms. The first kappa shape index (κ1) is 15.1. The summed E-state index contributed by atoms with van der Waals surface area (Å²) < 4.78 is 31.3. The van der Waals surface area contributed by atoms with E-state index in [4.69, 9.17) is 16.3 Å². The summed E-state index contributed by atoms with van der Waals surface area (Å²) in [7, 11) is -3.62. The standard InChI is InChI=1S/C12H15ClN2O4S/c1-9-2-3-10(8-11(9)13)20(17,18)14-4-5-15-6-7-19-12(15)16/h2-3,8,14H,4-7H2,1H3. The first-order chi connectivity index (χ1) is 9.40. The molecule has 0 aliphatic carbocycles. The van der Waals surface area contributed by atoms with Gasteiger partial charge in [0.1, 0.15) is 6.61 Å². The molecular formula is C12H15ClN2O4S. The highest BCUT2D eigenvalue weighted by Gasteiger charge is 2.22. The number of aryl methyl sites for hydroxylation is 1. The van der Waals surface area contributed by atoms with Crippen molar-refractivity contribution < 1.29 is 17.9 Å². The Kier molecular flexibility index (Phi) is 4.52. The second-order valence-electron chi connectivity index (χ2n) is 4.41. The molecule has 110 valence electrons. The zero-order chi connectivity index (χ0) is 14.8. The number of nitrogens with one attached hydrogen (secondary N) is 1. The van der Waals surface area contributed by atoms with Crippen LogP contribution < -0.4 is 4.72 Å². The minimum atomic E-state index is -3.62. The van der Waals surface area contributed by atoms with Gasteiger partial charge in [-0.3, -0.25) is 0 Å². The summed E-state index contributed by atoms with van der Waals surface area (Å²) >= 11 is 5.92. The number of hydrogen-bond donors (Lipinski definition) is 1. The van der Waals surface area contributed by atoms with Gasteiger partial charge in [0.05, 0.1) is 11.4 Å². The molecule has 1 aliphatic rings. The normalized spacial score (nSPS) is 15.5. The van der Waals surface area contributed by atoms with E-state index in [1.165, 1.54) is 17.0 Å². The number of amides is 1. The van der Waals surface area contributed by atoms with Crippen LogP contribution in [0.4, 0.5) is 4.79 Å². The van der Waals surface area contributed by atoms with E-state index in [0.717, 1.165) is 5.56 Å². The highest BCUT2D eigenvalue weighted by molar-refractivity contribution is 7.89. The van der Waals surface area contributed by atoms with Crippen molar-refractivity contribution >= 4 is 27.7 Å². The van der Waals surface area contributed by atoms with Crippen molar-refractivity contribution in [2.24, 2.45) is 0 Å². The van der Waals surface area contributed by atoms with Gasteiger partial charge in [-0.15, -0.1) is 0 Å². The van der Waals surface area contributed by atoms with Crippen LogP contribution in [0.25, 0.3) is 0 Å². The lowest BCUT2D eigenvalue weighted by Gasteiger charge is -2.13. The van der Waals surface area contributed by atoms with Gasteiger partial charge in [-0.25, -0.2) is 17.9 Å². The lowest BCUT2D eigenvalue weighted by atomic mass is 10.2. The Morgan fingerprint density at radius 2 is 2.20 bits per heavy atom. The molecule has 8 heteroatoms. The Hall–Kier alpha value is -1.31. The number of halogens is 1. The van der Waals surface area contributed by atoms with Crippen LogP contribution in [0.1, 0.15) is 5.56 Å². The van der Waals surface area contributed by atoms with E-state index < -0.39 is 16.1 Å². The number of benzene rings is 1. The molecule has 0 spiro atoms. The fourth-order valence-corrected chi connectivity index (χ4v) is 3.06. The van der Waals surface area contributed by atoms with Crippen LogP contribution in [0.5, 0.6) is 0 Å². The molecule has 0 atom stereocenters. The molecule has 6 nitrogen and oxygen atoms in total. The third-order valence-corrected chi connectivity index (χ3v) is 4.84. The Morgan fingerprint density at radius 3 is 2.80 bits per heavy atom. The maximum atomic E-state index is 12.0. The lowest BCUT2D eigenvalue weighted by molar-refractivity contribution is 0.159. The molecule has 0 unspecified atom stereocenters. The number of cyclic esters (lactones) is 1. The predicted octanol–water partition coefficient (Wildman–Crippen LogP) is 1.38. The molecule has 1 amide bonds. The van der Waals surface area contributed by atoms with Crippen molar-refractivity contribution in [2.45, 2.75) is 11.8 Å². The van der Waals surface area contributed by atoms with Crippen molar-refractivity contribution in [3.05, 3.63) is 28.8 Å². The van der Waals surface area contributed by atoms with Gasteiger partial charge >= 0.3 is 6.09 Å². The molecule has 1 heterocycles. The summed E-state index contributed by atoms with van der Waals surface area (Å²) in [5, 5.41) is 0.399. The van der Waals surface area contributed by atoms with E-state index in [-0.39, 0.29) is 18.0 Å². The fraction of sp³-hybridized carbons (Fsp3) is 0.417. The van der Waals surface area contributed by atoms with Crippen LogP contribution in [0.3, 0.4) is 0 Å². The highest BCUT2D eigenvalue weighted by atomic mass is 35.5. The summed E-state index contributed by atoms with van der Waals surface area (Å²) in [5.41, 5.74) is 0.811. The molecule has 1 saturated heterocycles. The summed E-state index contributed by atoms with van der Waals surface area (Å²) in [4.78, 5) is 12.7. The molecule has 1 aromatic rings. The van der Waals surface area contributed by atoms with Gasteiger partial charge in [-0.05, 0) is 24.6 Å². The monoisotopic (exact) mass is 318 g/mol. The summed E-state index contributed by atoms with van der Waals surface area (Å²) in [6.07, 6.45) is -0.414. The van der Waals surface area contributed by atoms with E-state index in [1.54, 1.807) is 13.0 Å². The molecule has 1 aromatic carbocycles. The number of rotatable bonds is 5. The maximum Gasteiger partial charge on any atom is 0.409 e. The van der Waals surface area contributed by atoms with Crippen molar-refractivity contribution in [1.29, 1.82) is 0 Å². The van der Waals surface area contributed by atoms with Gasteiger partial charge in [0.15, 0.2) is 0 Å². The SMILES string of the molecule is Cc1ccc(S(=O)(=O)NCCN2CCOC2=O)cc1Cl. The van der Waals surface area contributed by atoms with Gasteiger partial charge in [0, 0.05) is 18.1 Å². The number of ether oxygens (including phenoxy) is 1. The van der Waals surface area contributed by atoms with E-state index in [0.29, 0.717) is 18.2 Å². The number of nitrogens with zero attached hydrogens (tertiary/aromatic N) is 1. The van der Waals surface area contributed by atoms with Gasteiger partial charge in [0.25, 0.3) is 0 Å². The molecule has 20 heavy (non-hydrogen) atoms. The van der Waals surface area contributed by atoms with E-state index in [9.17, 15) is 13.2 Å².